The quantitative estimate of drug-likeness (QED) is 0.111. The van der Waals surface area contributed by atoms with Crippen LogP contribution in [0.2, 0.25) is 0 Å². The highest BCUT2D eigenvalue weighted by atomic mass is 127. The number of barbiturate groups is 1. The zero-order chi connectivity index (χ0) is 29.1. The van der Waals surface area contributed by atoms with Crippen LogP contribution >= 0.6 is 22.6 Å². The maximum atomic E-state index is 14.1. The Labute approximate surface area is 252 Å². The molecule has 8 heteroatoms. The van der Waals surface area contributed by atoms with Crippen molar-refractivity contribution in [3.05, 3.63) is 99.1 Å². The third-order valence-electron chi connectivity index (χ3n) is 6.61. The molecule has 208 valence electrons. The second kappa shape index (κ2) is 12.1. The normalized spacial score (nSPS) is 14.7. The van der Waals surface area contributed by atoms with Gasteiger partial charge in [-0.1, -0.05) is 55.5 Å². The molecule has 1 fully saturated rings. The van der Waals surface area contributed by atoms with Gasteiger partial charge in [0.15, 0.2) is 11.5 Å². The number of halogens is 1. The van der Waals surface area contributed by atoms with Gasteiger partial charge in [0, 0.05) is 5.39 Å². The van der Waals surface area contributed by atoms with E-state index in [2.05, 4.69) is 22.6 Å². The van der Waals surface area contributed by atoms with Crippen LogP contribution in [-0.2, 0) is 9.59 Å². The van der Waals surface area contributed by atoms with E-state index in [1.807, 2.05) is 63.2 Å². The Morgan fingerprint density at radius 3 is 2.32 bits per heavy atom. The molecule has 1 aliphatic heterocycles. The number of benzene rings is 4. The summed E-state index contributed by atoms with van der Waals surface area (Å²) in [6, 6.07) is 22.9. The first-order valence-electron chi connectivity index (χ1n) is 13.4. The Balaban J connectivity index is 1.69. The summed E-state index contributed by atoms with van der Waals surface area (Å²) in [5, 5.41) is 1.59. The van der Waals surface area contributed by atoms with E-state index >= 15 is 0 Å². The molecule has 5 rings (SSSR count). The van der Waals surface area contributed by atoms with E-state index in [0.717, 1.165) is 36.1 Å². The zero-order valence-corrected chi connectivity index (χ0v) is 25.2. The van der Waals surface area contributed by atoms with Crippen LogP contribution in [0.4, 0.5) is 16.2 Å². The van der Waals surface area contributed by atoms with Crippen LogP contribution in [0.3, 0.4) is 0 Å². The molecule has 0 bridgehead atoms. The first-order chi connectivity index (χ1) is 19.8. The average molecular weight is 661 g/mol. The van der Waals surface area contributed by atoms with Crippen LogP contribution in [0, 0.1) is 10.5 Å². The number of urea groups is 1. The SMILES string of the molecule is CCCOc1c(I)cc(/C=C2\C(=O)N(c3cccc(C)c3)C(=O)N(c3cccc4ccccc34)C2=O)cc1OCC. The number of imide groups is 2. The minimum absolute atomic E-state index is 0.139. The molecule has 4 amide bonds. The molecule has 41 heavy (non-hydrogen) atoms. The van der Waals surface area contributed by atoms with E-state index in [9.17, 15) is 14.4 Å². The molecule has 0 aliphatic carbocycles. The van der Waals surface area contributed by atoms with Gasteiger partial charge in [0.25, 0.3) is 11.8 Å². The fourth-order valence-electron chi connectivity index (χ4n) is 4.79. The standard InChI is InChI=1S/C33H29IN2O5/c1-4-16-41-30-27(34)19-22(20-29(30)40-5-2)18-26-31(37)35(24-13-8-10-21(3)17-24)33(39)36(32(26)38)28-15-9-12-23-11-6-7-14-25(23)28/h6-15,17-20H,4-5,16H2,1-3H3/b26-18+. The molecular formula is C33H29IN2O5. The third kappa shape index (κ3) is 5.56. The van der Waals surface area contributed by atoms with E-state index in [1.165, 1.54) is 6.08 Å². The molecule has 1 saturated heterocycles. The Hall–Kier alpha value is -4.18. The van der Waals surface area contributed by atoms with Crippen LogP contribution in [-0.4, -0.2) is 31.1 Å². The van der Waals surface area contributed by atoms with Gasteiger partial charge in [0.05, 0.1) is 28.2 Å². The highest BCUT2D eigenvalue weighted by molar-refractivity contribution is 14.1. The second-order valence-corrected chi connectivity index (χ2v) is 10.7. The van der Waals surface area contributed by atoms with Crippen LogP contribution in [0.15, 0.2) is 84.4 Å². The van der Waals surface area contributed by atoms with Crippen LogP contribution in [0.5, 0.6) is 11.5 Å². The fourth-order valence-corrected chi connectivity index (χ4v) is 5.57. The first-order valence-corrected chi connectivity index (χ1v) is 14.5. The predicted octanol–water partition coefficient (Wildman–Crippen LogP) is 7.52. The fraction of sp³-hybridized carbons (Fsp3) is 0.182. The predicted molar refractivity (Wildman–Crippen MR) is 170 cm³/mol. The van der Waals surface area contributed by atoms with E-state index in [4.69, 9.17) is 9.47 Å². The van der Waals surface area contributed by atoms with Gasteiger partial charge in [-0.3, -0.25) is 9.59 Å². The smallest absolute Gasteiger partial charge is 0.343 e. The molecule has 0 saturated carbocycles. The van der Waals surface area contributed by atoms with Crippen molar-refractivity contribution in [1.29, 1.82) is 0 Å². The van der Waals surface area contributed by atoms with Gasteiger partial charge in [0.1, 0.15) is 5.57 Å². The molecule has 0 N–H and O–H groups in total. The monoisotopic (exact) mass is 660 g/mol. The minimum Gasteiger partial charge on any atom is -0.490 e. The lowest BCUT2D eigenvalue weighted by molar-refractivity contribution is -0.121. The summed E-state index contributed by atoms with van der Waals surface area (Å²) in [5.41, 5.74) is 2.11. The largest absolute Gasteiger partial charge is 0.490 e. The number of carbonyl (C=O) groups is 3. The summed E-state index contributed by atoms with van der Waals surface area (Å²) in [4.78, 5) is 44.1. The van der Waals surface area contributed by atoms with Gasteiger partial charge in [0.2, 0.25) is 0 Å². The molecule has 1 heterocycles. The number of nitrogens with zero attached hydrogens (tertiary/aromatic N) is 2. The number of hydrogen-bond donors (Lipinski definition) is 0. The van der Waals surface area contributed by atoms with E-state index in [0.29, 0.717) is 41.7 Å². The van der Waals surface area contributed by atoms with Crippen molar-refractivity contribution in [2.24, 2.45) is 0 Å². The molecule has 0 atom stereocenters. The summed E-state index contributed by atoms with van der Waals surface area (Å²) < 4.78 is 12.6. The number of amides is 4. The molecule has 7 nitrogen and oxygen atoms in total. The second-order valence-electron chi connectivity index (χ2n) is 9.57. The van der Waals surface area contributed by atoms with Crippen molar-refractivity contribution >= 4 is 68.7 Å². The van der Waals surface area contributed by atoms with E-state index in [-0.39, 0.29) is 5.57 Å². The summed E-state index contributed by atoms with van der Waals surface area (Å²) in [6.45, 7) is 6.73. The zero-order valence-electron chi connectivity index (χ0n) is 23.0. The van der Waals surface area contributed by atoms with Crippen LogP contribution < -0.4 is 19.3 Å². The van der Waals surface area contributed by atoms with Crippen molar-refractivity contribution in [2.75, 3.05) is 23.0 Å². The third-order valence-corrected chi connectivity index (χ3v) is 7.41. The van der Waals surface area contributed by atoms with Gasteiger partial charge in [-0.15, -0.1) is 0 Å². The Kier molecular flexibility index (Phi) is 8.39. The Morgan fingerprint density at radius 1 is 0.829 bits per heavy atom. The van der Waals surface area contributed by atoms with Crippen molar-refractivity contribution in [1.82, 2.24) is 0 Å². The summed E-state index contributed by atoms with van der Waals surface area (Å²) in [7, 11) is 0. The molecule has 1 aliphatic rings. The lowest BCUT2D eigenvalue weighted by Crippen LogP contribution is -2.57. The maximum absolute atomic E-state index is 14.1. The molecule has 0 radical (unpaired) electrons. The summed E-state index contributed by atoms with van der Waals surface area (Å²) in [5.74, 6) is -0.250. The van der Waals surface area contributed by atoms with Crippen LogP contribution in [0.1, 0.15) is 31.4 Å². The summed E-state index contributed by atoms with van der Waals surface area (Å²) in [6.07, 6.45) is 2.36. The number of fused-ring (bicyclic) bond motifs is 1. The van der Waals surface area contributed by atoms with Gasteiger partial charge < -0.3 is 9.47 Å². The highest BCUT2D eigenvalue weighted by Gasteiger charge is 2.44. The lowest BCUT2D eigenvalue weighted by atomic mass is 10.0. The number of hydrogen-bond acceptors (Lipinski definition) is 5. The molecular weight excluding hydrogens is 631 g/mol. The molecule has 0 aromatic heterocycles. The number of ether oxygens (including phenoxy) is 2. The first kappa shape index (κ1) is 28.4. The number of aryl methyl sites for hydroxylation is 1. The molecule has 0 unspecified atom stereocenters. The van der Waals surface area contributed by atoms with Gasteiger partial charge >= 0.3 is 6.03 Å². The maximum Gasteiger partial charge on any atom is 0.343 e. The van der Waals surface area contributed by atoms with Crippen LogP contribution in [0.25, 0.3) is 16.8 Å². The summed E-state index contributed by atoms with van der Waals surface area (Å²) >= 11 is 2.16. The highest BCUT2D eigenvalue weighted by Crippen LogP contribution is 2.37. The van der Waals surface area contributed by atoms with Crippen molar-refractivity contribution in [2.45, 2.75) is 27.2 Å². The number of rotatable bonds is 8. The number of anilines is 2. The Morgan fingerprint density at radius 2 is 1.56 bits per heavy atom. The lowest BCUT2D eigenvalue weighted by Gasteiger charge is -2.34. The van der Waals surface area contributed by atoms with E-state index < -0.39 is 17.8 Å². The van der Waals surface area contributed by atoms with Gasteiger partial charge in [-0.2, -0.15) is 0 Å². The van der Waals surface area contributed by atoms with Gasteiger partial charge in [-0.05, 0) is 95.8 Å². The molecule has 0 spiro atoms. The number of carbonyl (C=O) groups excluding carboxylic acids is 3. The van der Waals surface area contributed by atoms with Crippen molar-refractivity contribution in [3.63, 3.8) is 0 Å². The van der Waals surface area contributed by atoms with E-state index in [1.54, 1.807) is 36.4 Å². The topological polar surface area (TPSA) is 76.2 Å². The average Bonchev–Trinajstić information content (AvgIpc) is 2.95. The van der Waals surface area contributed by atoms with Gasteiger partial charge in [-0.25, -0.2) is 14.6 Å². The molecule has 4 aromatic rings. The van der Waals surface area contributed by atoms with Crippen molar-refractivity contribution < 1.29 is 23.9 Å². The minimum atomic E-state index is -0.730. The van der Waals surface area contributed by atoms with Crippen molar-refractivity contribution in [3.8, 4) is 11.5 Å². The molecule has 4 aromatic carbocycles. The Bertz CT molecular complexity index is 1690.